The Bertz CT molecular complexity index is 384. The van der Waals surface area contributed by atoms with Crippen LogP contribution in [0.15, 0.2) is 12.5 Å². The quantitative estimate of drug-likeness (QED) is 0.777. The highest BCUT2D eigenvalue weighted by Gasteiger charge is 2.31. The molecule has 0 bridgehead atoms. The van der Waals surface area contributed by atoms with Crippen LogP contribution in [0.3, 0.4) is 0 Å². The average Bonchev–Trinajstić information content (AvgIpc) is 3.03. The van der Waals surface area contributed by atoms with Gasteiger partial charge in [-0.1, -0.05) is 0 Å². The van der Waals surface area contributed by atoms with Gasteiger partial charge in [-0.3, -0.25) is 4.79 Å². The fourth-order valence-electron chi connectivity index (χ4n) is 2.04. The van der Waals surface area contributed by atoms with Gasteiger partial charge in [-0.15, -0.1) is 0 Å². The number of carbonyl (C=O) groups excluding carboxylic acids is 1. The third-order valence-corrected chi connectivity index (χ3v) is 3.05. The van der Waals surface area contributed by atoms with Crippen molar-refractivity contribution >= 4 is 5.91 Å². The average molecular weight is 236 g/mol. The second-order valence-corrected chi connectivity index (χ2v) is 4.49. The minimum atomic E-state index is 0.187. The van der Waals surface area contributed by atoms with Crippen LogP contribution >= 0.6 is 0 Å². The standard InChI is InChI=1S/C12H20N4O/c1-2-16(11-3-4-11)12(17)8-15-7-10(5-6-13)14-9-15/h7,9,11H,2-6,8,13H2,1H3. The summed E-state index contributed by atoms with van der Waals surface area (Å²) in [6.45, 7) is 3.81. The van der Waals surface area contributed by atoms with E-state index in [0.29, 0.717) is 19.1 Å². The van der Waals surface area contributed by atoms with Crippen LogP contribution in [0.25, 0.3) is 0 Å². The third-order valence-electron chi connectivity index (χ3n) is 3.05. The van der Waals surface area contributed by atoms with Crippen LogP contribution in [0.2, 0.25) is 0 Å². The molecule has 1 aromatic rings. The van der Waals surface area contributed by atoms with E-state index in [1.807, 2.05) is 22.6 Å². The number of hydrogen-bond donors (Lipinski definition) is 1. The molecule has 0 spiro atoms. The summed E-state index contributed by atoms with van der Waals surface area (Å²) in [6, 6.07) is 0.486. The molecule has 17 heavy (non-hydrogen) atoms. The number of amides is 1. The van der Waals surface area contributed by atoms with E-state index in [2.05, 4.69) is 4.98 Å². The summed E-state index contributed by atoms with van der Waals surface area (Å²) in [5, 5.41) is 0. The number of rotatable bonds is 6. The summed E-state index contributed by atoms with van der Waals surface area (Å²) in [7, 11) is 0. The molecule has 2 N–H and O–H groups in total. The molecular formula is C12H20N4O. The molecule has 1 amide bonds. The van der Waals surface area contributed by atoms with Gasteiger partial charge in [0, 0.05) is 25.2 Å². The van der Waals surface area contributed by atoms with Crippen molar-refractivity contribution in [3.05, 3.63) is 18.2 Å². The van der Waals surface area contributed by atoms with Gasteiger partial charge in [-0.2, -0.15) is 0 Å². The van der Waals surface area contributed by atoms with Gasteiger partial charge >= 0.3 is 0 Å². The van der Waals surface area contributed by atoms with E-state index in [0.717, 1.165) is 31.5 Å². The normalized spacial score (nSPS) is 14.9. The van der Waals surface area contributed by atoms with Crippen molar-refractivity contribution in [2.24, 2.45) is 5.73 Å². The largest absolute Gasteiger partial charge is 0.338 e. The Morgan fingerprint density at radius 2 is 2.41 bits per heavy atom. The maximum atomic E-state index is 12.0. The van der Waals surface area contributed by atoms with Gasteiger partial charge in [0.25, 0.3) is 0 Å². The number of carbonyl (C=O) groups is 1. The Morgan fingerprint density at radius 1 is 1.65 bits per heavy atom. The summed E-state index contributed by atoms with van der Waals surface area (Å²) >= 11 is 0. The molecule has 1 aromatic heterocycles. The fraction of sp³-hybridized carbons (Fsp3) is 0.667. The van der Waals surface area contributed by atoms with E-state index in [-0.39, 0.29) is 5.91 Å². The molecule has 0 saturated heterocycles. The monoisotopic (exact) mass is 236 g/mol. The minimum absolute atomic E-state index is 0.187. The van der Waals surface area contributed by atoms with Crippen molar-refractivity contribution in [2.75, 3.05) is 13.1 Å². The lowest BCUT2D eigenvalue weighted by Gasteiger charge is -2.20. The zero-order valence-electron chi connectivity index (χ0n) is 10.3. The summed E-state index contributed by atoms with van der Waals surface area (Å²) in [5.74, 6) is 0.187. The number of nitrogens with zero attached hydrogens (tertiary/aromatic N) is 3. The van der Waals surface area contributed by atoms with Crippen molar-refractivity contribution in [1.82, 2.24) is 14.5 Å². The molecule has 0 aromatic carbocycles. The zero-order chi connectivity index (χ0) is 12.3. The van der Waals surface area contributed by atoms with Crippen molar-refractivity contribution < 1.29 is 4.79 Å². The molecule has 0 aliphatic heterocycles. The SMILES string of the molecule is CCN(C(=O)Cn1cnc(CCN)c1)C1CC1. The van der Waals surface area contributed by atoms with E-state index in [1.165, 1.54) is 0 Å². The van der Waals surface area contributed by atoms with Gasteiger partial charge in [0.15, 0.2) is 0 Å². The van der Waals surface area contributed by atoms with Crippen molar-refractivity contribution in [2.45, 2.75) is 38.8 Å². The molecule has 94 valence electrons. The Hall–Kier alpha value is -1.36. The van der Waals surface area contributed by atoms with Crippen molar-refractivity contribution in [3.63, 3.8) is 0 Å². The maximum absolute atomic E-state index is 12.0. The van der Waals surface area contributed by atoms with E-state index in [1.54, 1.807) is 6.33 Å². The molecule has 1 saturated carbocycles. The number of aromatic nitrogens is 2. The highest BCUT2D eigenvalue weighted by atomic mass is 16.2. The molecule has 1 fully saturated rings. The van der Waals surface area contributed by atoms with Gasteiger partial charge in [0.1, 0.15) is 6.54 Å². The van der Waals surface area contributed by atoms with E-state index >= 15 is 0 Å². The van der Waals surface area contributed by atoms with Crippen LogP contribution in [-0.4, -0.2) is 39.5 Å². The highest BCUT2D eigenvalue weighted by Crippen LogP contribution is 2.26. The van der Waals surface area contributed by atoms with E-state index < -0.39 is 0 Å². The first-order valence-electron chi connectivity index (χ1n) is 6.24. The van der Waals surface area contributed by atoms with E-state index in [4.69, 9.17) is 5.73 Å². The number of imidazole rings is 1. The van der Waals surface area contributed by atoms with Crippen molar-refractivity contribution in [3.8, 4) is 0 Å². The van der Waals surface area contributed by atoms with E-state index in [9.17, 15) is 4.79 Å². The van der Waals surface area contributed by atoms with Crippen LogP contribution in [0.5, 0.6) is 0 Å². The molecule has 5 nitrogen and oxygen atoms in total. The molecule has 0 atom stereocenters. The van der Waals surface area contributed by atoms with Crippen LogP contribution in [0, 0.1) is 0 Å². The predicted octanol–water partition coefficient (Wildman–Crippen LogP) is 0.395. The number of nitrogens with two attached hydrogens (primary N) is 1. The van der Waals surface area contributed by atoms with Gasteiger partial charge in [-0.05, 0) is 26.3 Å². The first-order valence-corrected chi connectivity index (χ1v) is 6.24. The van der Waals surface area contributed by atoms with Crippen LogP contribution in [0.4, 0.5) is 0 Å². The molecule has 1 heterocycles. The molecule has 2 rings (SSSR count). The summed E-state index contributed by atoms with van der Waals surface area (Å²) in [5.41, 5.74) is 6.42. The van der Waals surface area contributed by atoms with Gasteiger partial charge in [0.2, 0.25) is 5.91 Å². The molecule has 0 radical (unpaired) electrons. The van der Waals surface area contributed by atoms with Gasteiger partial charge in [-0.25, -0.2) is 4.98 Å². The van der Waals surface area contributed by atoms with Gasteiger partial charge in [0.05, 0.1) is 12.0 Å². The van der Waals surface area contributed by atoms with Crippen LogP contribution < -0.4 is 5.73 Å². The number of likely N-dealkylation sites (N-methyl/N-ethyl adjacent to an activating group) is 1. The molecular weight excluding hydrogens is 216 g/mol. The topological polar surface area (TPSA) is 64.2 Å². The molecule has 0 unspecified atom stereocenters. The first kappa shape index (κ1) is 12.1. The second kappa shape index (κ2) is 5.31. The van der Waals surface area contributed by atoms with Crippen molar-refractivity contribution in [1.29, 1.82) is 0 Å². The summed E-state index contributed by atoms with van der Waals surface area (Å²) in [6.07, 6.45) is 6.69. The minimum Gasteiger partial charge on any atom is -0.338 e. The fourth-order valence-corrected chi connectivity index (χ4v) is 2.04. The highest BCUT2D eigenvalue weighted by molar-refractivity contribution is 5.76. The Morgan fingerprint density at radius 3 is 3.00 bits per heavy atom. The molecule has 1 aliphatic carbocycles. The second-order valence-electron chi connectivity index (χ2n) is 4.49. The zero-order valence-corrected chi connectivity index (χ0v) is 10.3. The lowest BCUT2D eigenvalue weighted by molar-refractivity contribution is -0.132. The summed E-state index contributed by atoms with van der Waals surface area (Å²) < 4.78 is 1.85. The molecule has 5 heteroatoms. The number of hydrogen-bond acceptors (Lipinski definition) is 3. The third kappa shape index (κ3) is 3.06. The van der Waals surface area contributed by atoms with Crippen LogP contribution in [0.1, 0.15) is 25.5 Å². The summed E-state index contributed by atoms with van der Waals surface area (Å²) in [4.78, 5) is 18.2. The predicted molar refractivity (Wildman–Crippen MR) is 65.4 cm³/mol. The Kier molecular flexibility index (Phi) is 3.78. The maximum Gasteiger partial charge on any atom is 0.242 e. The smallest absolute Gasteiger partial charge is 0.242 e. The Labute approximate surface area is 102 Å². The van der Waals surface area contributed by atoms with Gasteiger partial charge < -0.3 is 15.2 Å². The first-order chi connectivity index (χ1) is 8.24. The lowest BCUT2D eigenvalue weighted by Crippen LogP contribution is -2.35. The molecule has 1 aliphatic rings. The lowest BCUT2D eigenvalue weighted by atomic mass is 10.3. The Balaban J connectivity index is 1.92. The van der Waals surface area contributed by atoms with Crippen LogP contribution in [-0.2, 0) is 17.8 Å².